The molecule has 1 aromatic carbocycles. The third-order valence-electron chi connectivity index (χ3n) is 5.38. The first-order chi connectivity index (χ1) is 10.3. The minimum Gasteiger partial charge on any atom is -0.398 e. The van der Waals surface area contributed by atoms with Gasteiger partial charge in [-0.05, 0) is 36.5 Å². The molecule has 4 rings (SSSR count). The van der Waals surface area contributed by atoms with Gasteiger partial charge in [0.05, 0.1) is 12.2 Å². The number of hydrogen-bond donors (Lipinski definition) is 1. The summed E-state index contributed by atoms with van der Waals surface area (Å²) in [6.07, 6.45) is 4.38. The zero-order valence-corrected chi connectivity index (χ0v) is 12.5. The van der Waals surface area contributed by atoms with Crippen molar-refractivity contribution in [2.24, 2.45) is 0 Å². The molecule has 21 heavy (non-hydrogen) atoms. The van der Waals surface area contributed by atoms with Crippen molar-refractivity contribution < 1.29 is 9.47 Å². The van der Waals surface area contributed by atoms with E-state index in [0.717, 1.165) is 64.3 Å². The van der Waals surface area contributed by atoms with Gasteiger partial charge in [-0.2, -0.15) is 0 Å². The Balaban J connectivity index is 1.50. The molecule has 2 unspecified atom stereocenters. The fourth-order valence-electron chi connectivity index (χ4n) is 4.15. The second-order valence-corrected chi connectivity index (χ2v) is 6.69. The first-order valence-electron chi connectivity index (χ1n) is 8.08. The molecule has 3 aliphatic rings. The molecular weight excluding hydrogens is 264 g/mol. The van der Waals surface area contributed by atoms with E-state index in [4.69, 9.17) is 15.2 Å². The molecule has 0 saturated carbocycles. The number of hydrogen-bond acceptors (Lipinski definition) is 4. The second kappa shape index (κ2) is 5.27. The molecule has 114 valence electrons. The first-order valence-corrected chi connectivity index (χ1v) is 8.08. The standard InChI is InChI=1S/C17H24N2O2/c18-16-3-1-2-13-11-19(7-4-15(13)16)14-5-8-21-17(10-14)6-9-20-12-17/h1-3,14H,4-12,18H2. The van der Waals surface area contributed by atoms with Gasteiger partial charge in [0.2, 0.25) is 0 Å². The van der Waals surface area contributed by atoms with E-state index in [1.807, 2.05) is 6.07 Å². The Labute approximate surface area is 126 Å². The summed E-state index contributed by atoms with van der Waals surface area (Å²) in [5.74, 6) is 0. The highest BCUT2D eigenvalue weighted by molar-refractivity contribution is 5.51. The Morgan fingerprint density at radius 1 is 1.29 bits per heavy atom. The summed E-state index contributed by atoms with van der Waals surface area (Å²) in [6, 6.07) is 6.95. The average molecular weight is 288 g/mol. The molecule has 2 fully saturated rings. The van der Waals surface area contributed by atoms with Crippen molar-refractivity contribution in [2.75, 3.05) is 32.1 Å². The van der Waals surface area contributed by atoms with E-state index in [-0.39, 0.29) is 5.60 Å². The molecule has 4 nitrogen and oxygen atoms in total. The predicted molar refractivity (Wildman–Crippen MR) is 82.1 cm³/mol. The van der Waals surface area contributed by atoms with Gasteiger partial charge in [0.1, 0.15) is 0 Å². The van der Waals surface area contributed by atoms with E-state index in [2.05, 4.69) is 17.0 Å². The zero-order valence-electron chi connectivity index (χ0n) is 12.5. The number of nitrogens with two attached hydrogens (primary N) is 1. The normalized spacial score (nSPS) is 33.2. The largest absolute Gasteiger partial charge is 0.398 e. The second-order valence-electron chi connectivity index (χ2n) is 6.69. The van der Waals surface area contributed by atoms with Crippen LogP contribution in [0, 0.1) is 0 Å². The predicted octanol–water partition coefficient (Wildman–Crippen LogP) is 1.96. The van der Waals surface area contributed by atoms with E-state index in [9.17, 15) is 0 Å². The third-order valence-corrected chi connectivity index (χ3v) is 5.38. The average Bonchev–Trinajstić information content (AvgIpc) is 2.95. The Hall–Kier alpha value is -1.10. The lowest BCUT2D eigenvalue weighted by atomic mass is 9.87. The molecule has 2 atom stereocenters. The van der Waals surface area contributed by atoms with Crippen molar-refractivity contribution >= 4 is 5.69 Å². The van der Waals surface area contributed by atoms with Crippen molar-refractivity contribution in [1.82, 2.24) is 4.90 Å². The quantitative estimate of drug-likeness (QED) is 0.803. The van der Waals surface area contributed by atoms with Crippen LogP contribution in [0.25, 0.3) is 0 Å². The van der Waals surface area contributed by atoms with E-state index in [0.29, 0.717) is 6.04 Å². The molecule has 4 heteroatoms. The van der Waals surface area contributed by atoms with Crippen molar-refractivity contribution in [3.8, 4) is 0 Å². The van der Waals surface area contributed by atoms with Crippen LogP contribution in [0.15, 0.2) is 18.2 Å². The minimum absolute atomic E-state index is 0.00108. The van der Waals surface area contributed by atoms with Crippen LogP contribution in [0.4, 0.5) is 5.69 Å². The molecule has 3 aliphatic heterocycles. The molecule has 1 aromatic rings. The molecule has 0 bridgehead atoms. The molecule has 0 aromatic heterocycles. The number of rotatable bonds is 1. The lowest BCUT2D eigenvalue weighted by Gasteiger charge is -2.43. The SMILES string of the molecule is Nc1cccc2c1CCN(C1CCOC3(CCOC3)C1)C2. The Morgan fingerprint density at radius 3 is 3.10 bits per heavy atom. The van der Waals surface area contributed by atoms with E-state index in [1.165, 1.54) is 11.1 Å². The fraction of sp³-hybridized carbons (Fsp3) is 0.647. The van der Waals surface area contributed by atoms with Gasteiger partial charge in [-0.1, -0.05) is 12.1 Å². The molecule has 2 N–H and O–H groups in total. The van der Waals surface area contributed by atoms with Gasteiger partial charge in [0.25, 0.3) is 0 Å². The summed E-state index contributed by atoms with van der Waals surface area (Å²) < 4.78 is 11.6. The zero-order chi connectivity index (χ0) is 14.3. The van der Waals surface area contributed by atoms with Crippen molar-refractivity contribution in [2.45, 2.75) is 43.9 Å². The topological polar surface area (TPSA) is 47.7 Å². The maximum absolute atomic E-state index is 6.10. The highest BCUT2D eigenvalue weighted by Crippen LogP contribution is 2.36. The van der Waals surface area contributed by atoms with E-state index in [1.54, 1.807) is 0 Å². The van der Waals surface area contributed by atoms with Gasteiger partial charge in [0, 0.05) is 44.5 Å². The Kier molecular flexibility index (Phi) is 3.40. The molecule has 1 spiro atoms. The number of anilines is 1. The minimum atomic E-state index is -0.00108. The number of ether oxygens (including phenoxy) is 2. The van der Waals surface area contributed by atoms with Crippen molar-refractivity contribution in [3.05, 3.63) is 29.3 Å². The van der Waals surface area contributed by atoms with Crippen molar-refractivity contribution in [3.63, 3.8) is 0 Å². The van der Waals surface area contributed by atoms with Crippen LogP contribution in [0.1, 0.15) is 30.4 Å². The molecule has 2 saturated heterocycles. The summed E-state index contributed by atoms with van der Waals surface area (Å²) in [5, 5.41) is 0. The lowest BCUT2D eigenvalue weighted by molar-refractivity contribution is -0.108. The summed E-state index contributed by atoms with van der Waals surface area (Å²) in [5.41, 5.74) is 9.83. The molecule has 3 heterocycles. The van der Waals surface area contributed by atoms with Crippen LogP contribution in [-0.4, -0.2) is 42.9 Å². The summed E-state index contributed by atoms with van der Waals surface area (Å²) in [7, 11) is 0. The maximum atomic E-state index is 6.10. The first kappa shape index (κ1) is 13.6. The summed E-state index contributed by atoms with van der Waals surface area (Å²) in [4.78, 5) is 2.63. The highest BCUT2D eigenvalue weighted by Gasteiger charge is 2.42. The van der Waals surface area contributed by atoms with Crippen LogP contribution in [0.5, 0.6) is 0 Å². The van der Waals surface area contributed by atoms with Crippen LogP contribution >= 0.6 is 0 Å². The van der Waals surface area contributed by atoms with Gasteiger partial charge in [-0.15, -0.1) is 0 Å². The number of nitrogens with zero attached hydrogens (tertiary/aromatic N) is 1. The Bertz CT molecular complexity index is 526. The lowest BCUT2D eigenvalue weighted by Crippen LogP contribution is -2.50. The van der Waals surface area contributed by atoms with Gasteiger partial charge in [0.15, 0.2) is 0 Å². The summed E-state index contributed by atoms with van der Waals surface area (Å²) in [6.45, 7) is 4.64. The maximum Gasteiger partial charge on any atom is 0.0951 e. The van der Waals surface area contributed by atoms with Gasteiger partial charge >= 0.3 is 0 Å². The highest BCUT2D eigenvalue weighted by atomic mass is 16.6. The monoisotopic (exact) mass is 288 g/mol. The van der Waals surface area contributed by atoms with Crippen LogP contribution in [0.3, 0.4) is 0 Å². The van der Waals surface area contributed by atoms with Crippen LogP contribution < -0.4 is 5.73 Å². The number of fused-ring (bicyclic) bond motifs is 1. The molecule has 0 radical (unpaired) electrons. The smallest absolute Gasteiger partial charge is 0.0951 e. The Morgan fingerprint density at radius 2 is 2.24 bits per heavy atom. The number of nitrogen functional groups attached to an aromatic ring is 1. The van der Waals surface area contributed by atoms with Crippen LogP contribution in [0.2, 0.25) is 0 Å². The number of benzene rings is 1. The van der Waals surface area contributed by atoms with Gasteiger partial charge in [-0.3, -0.25) is 4.90 Å². The third kappa shape index (κ3) is 2.45. The van der Waals surface area contributed by atoms with Gasteiger partial charge < -0.3 is 15.2 Å². The van der Waals surface area contributed by atoms with Gasteiger partial charge in [-0.25, -0.2) is 0 Å². The molecule has 0 amide bonds. The van der Waals surface area contributed by atoms with E-state index >= 15 is 0 Å². The summed E-state index contributed by atoms with van der Waals surface area (Å²) >= 11 is 0. The molecular formula is C17H24N2O2. The molecule has 0 aliphatic carbocycles. The van der Waals surface area contributed by atoms with Crippen LogP contribution in [-0.2, 0) is 22.4 Å². The van der Waals surface area contributed by atoms with Crippen molar-refractivity contribution in [1.29, 1.82) is 0 Å². The van der Waals surface area contributed by atoms with E-state index < -0.39 is 0 Å². The fourth-order valence-corrected chi connectivity index (χ4v) is 4.15.